The highest BCUT2D eigenvalue weighted by molar-refractivity contribution is 6.11. The SMILES string of the molecule is CCc1ccc(-n2c(N)c(C(=O)N[C@H](C)CC)c3nc4ccccc4nc32)cc1. The standard InChI is InChI=1S/C23H25N5O/c1-4-14(3)25-23(29)19-20-22(27-18-9-7-6-8-17(18)26-20)28(21(19)24)16-12-10-15(5-2)11-13-16/h6-14H,4-5,24H2,1-3H3,(H,25,29)/t14-/m1/s1. The molecule has 2 heterocycles. The molecule has 0 unspecified atom stereocenters. The molecule has 0 saturated carbocycles. The molecule has 0 aliphatic rings. The van der Waals surface area contributed by atoms with Crippen LogP contribution in [0.25, 0.3) is 27.9 Å². The van der Waals surface area contributed by atoms with Gasteiger partial charge in [0.2, 0.25) is 0 Å². The summed E-state index contributed by atoms with van der Waals surface area (Å²) in [7, 11) is 0. The number of aryl methyl sites for hydroxylation is 1. The fourth-order valence-corrected chi connectivity index (χ4v) is 3.43. The van der Waals surface area contributed by atoms with Crippen molar-refractivity contribution in [3.05, 3.63) is 59.7 Å². The Hall–Kier alpha value is -3.41. The van der Waals surface area contributed by atoms with Gasteiger partial charge in [-0.15, -0.1) is 0 Å². The summed E-state index contributed by atoms with van der Waals surface area (Å²) in [6, 6.07) is 15.8. The molecule has 6 heteroatoms. The molecule has 148 valence electrons. The first-order valence-corrected chi connectivity index (χ1v) is 10.00. The Morgan fingerprint density at radius 2 is 1.72 bits per heavy atom. The van der Waals surface area contributed by atoms with Crippen LogP contribution >= 0.6 is 0 Å². The molecular formula is C23H25N5O. The number of carbonyl (C=O) groups is 1. The van der Waals surface area contributed by atoms with Gasteiger partial charge in [0, 0.05) is 11.7 Å². The monoisotopic (exact) mass is 387 g/mol. The fraction of sp³-hybridized carbons (Fsp3) is 0.261. The molecule has 1 atom stereocenters. The summed E-state index contributed by atoms with van der Waals surface area (Å²) in [5.41, 5.74) is 11.6. The first-order chi connectivity index (χ1) is 14.0. The van der Waals surface area contributed by atoms with E-state index in [0.29, 0.717) is 22.5 Å². The summed E-state index contributed by atoms with van der Waals surface area (Å²) in [5, 5.41) is 3.01. The number of benzene rings is 2. The largest absolute Gasteiger partial charge is 0.384 e. The van der Waals surface area contributed by atoms with E-state index < -0.39 is 0 Å². The summed E-state index contributed by atoms with van der Waals surface area (Å²) in [6.45, 7) is 6.11. The molecule has 0 spiro atoms. The Kier molecular flexibility index (Phi) is 4.92. The minimum absolute atomic E-state index is 0.0394. The zero-order valence-electron chi connectivity index (χ0n) is 16.9. The van der Waals surface area contributed by atoms with Crippen molar-refractivity contribution in [2.45, 2.75) is 39.7 Å². The maximum atomic E-state index is 13.1. The highest BCUT2D eigenvalue weighted by atomic mass is 16.1. The predicted octanol–water partition coefficient (Wildman–Crippen LogP) is 4.25. The minimum Gasteiger partial charge on any atom is -0.384 e. The van der Waals surface area contributed by atoms with Crippen LogP contribution in [0.4, 0.5) is 5.82 Å². The third-order valence-electron chi connectivity index (χ3n) is 5.32. The Labute approximate surface area is 169 Å². The smallest absolute Gasteiger partial charge is 0.257 e. The number of para-hydroxylation sites is 2. The Bertz CT molecular complexity index is 1190. The molecule has 29 heavy (non-hydrogen) atoms. The van der Waals surface area contributed by atoms with Gasteiger partial charge < -0.3 is 11.1 Å². The number of nitrogens with zero attached hydrogens (tertiary/aromatic N) is 3. The number of nitrogens with two attached hydrogens (primary N) is 1. The molecule has 2 aromatic heterocycles. The number of carbonyl (C=O) groups excluding carboxylic acids is 1. The van der Waals surface area contributed by atoms with Crippen LogP contribution in [0.5, 0.6) is 0 Å². The quantitative estimate of drug-likeness (QED) is 0.536. The van der Waals surface area contributed by atoms with E-state index in [1.54, 1.807) is 0 Å². The summed E-state index contributed by atoms with van der Waals surface area (Å²) < 4.78 is 1.82. The van der Waals surface area contributed by atoms with E-state index in [0.717, 1.165) is 29.6 Å². The van der Waals surface area contributed by atoms with Gasteiger partial charge in [-0.2, -0.15) is 0 Å². The Morgan fingerprint density at radius 1 is 1.07 bits per heavy atom. The average Bonchev–Trinajstić information content (AvgIpc) is 3.02. The van der Waals surface area contributed by atoms with E-state index in [1.165, 1.54) is 5.56 Å². The van der Waals surface area contributed by atoms with Crippen molar-refractivity contribution in [1.82, 2.24) is 19.9 Å². The molecule has 0 aliphatic heterocycles. The first-order valence-electron chi connectivity index (χ1n) is 10.00. The topological polar surface area (TPSA) is 85.8 Å². The van der Waals surface area contributed by atoms with Gasteiger partial charge in [-0.3, -0.25) is 9.36 Å². The second-order valence-electron chi connectivity index (χ2n) is 7.28. The lowest BCUT2D eigenvalue weighted by atomic mass is 10.1. The number of nitrogen functional groups attached to an aromatic ring is 1. The molecule has 2 aromatic carbocycles. The predicted molar refractivity (Wildman–Crippen MR) is 117 cm³/mol. The number of nitrogens with one attached hydrogen (secondary N) is 1. The first kappa shape index (κ1) is 18.9. The maximum Gasteiger partial charge on any atom is 0.257 e. The lowest BCUT2D eigenvalue weighted by Crippen LogP contribution is -2.32. The second-order valence-corrected chi connectivity index (χ2v) is 7.28. The zero-order valence-corrected chi connectivity index (χ0v) is 16.9. The van der Waals surface area contributed by atoms with Crippen molar-refractivity contribution < 1.29 is 4.79 Å². The Balaban J connectivity index is 1.99. The molecule has 0 fully saturated rings. The summed E-state index contributed by atoms with van der Waals surface area (Å²) in [5.74, 6) is 0.121. The minimum atomic E-state index is -0.227. The van der Waals surface area contributed by atoms with Crippen LogP contribution in [-0.2, 0) is 6.42 Å². The lowest BCUT2D eigenvalue weighted by Gasteiger charge is -2.12. The van der Waals surface area contributed by atoms with Crippen LogP contribution in [0.1, 0.15) is 43.1 Å². The number of fused-ring (bicyclic) bond motifs is 2. The van der Waals surface area contributed by atoms with Gasteiger partial charge in [0.05, 0.1) is 11.0 Å². The third-order valence-corrected chi connectivity index (χ3v) is 5.32. The molecule has 1 amide bonds. The van der Waals surface area contributed by atoms with Crippen LogP contribution in [-0.4, -0.2) is 26.5 Å². The van der Waals surface area contributed by atoms with Crippen LogP contribution in [0, 0.1) is 0 Å². The second kappa shape index (κ2) is 7.54. The lowest BCUT2D eigenvalue weighted by molar-refractivity contribution is 0.0941. The van der Waals surface area contributed by atoms with Gasteiger partial charge in [0.15, 0.2) is 5.65 Å². The molecule has 0 saturated heterocycles. The van der Waals surface area contributed by atoms with Crippen molar-refractivity contribution in [3.8, 4) is 5.69 Å². The average molecular weight is 387 g/mol. The van der Waals surface area contributed by atoms with Gasteiger partial charge in [0.1, 0.15) is 16.9 Å². The van der Waals surface area contributed by atoms with E-state index in [-0.39, 0.29) is 11.9 Å². The number of hydrogen-bond donors (Lipinski definition) is 2. The van der Waals surface area contributed by atoms with Gasteiger partial charge in [-0.05, 0) is 49.6 Å². The van der Waals surface area contributed by atoms with Crippen LogP contribution in [0.2, 0.25) is 0 Å². The van der Waals surface area contributed by atoms with Crippen molar-refractivity contribution in [3.63, 3.8) is 0 Å². The highest BCUT2D eigenvalue weighted by Gasteiger charge is 2.25. The van der Waals surface area contributed by atoms with E-state index in [2.05, 4.69) is 24.4 Å². The third kappa shape index (κ3) is 3.31. The zero-order chi connectivity index (χ0) is 20.5. The number of hydrogen-bond acceptors (Lipinski definition) is 4. The van der Waals surface area contributed by atoms with E-state index in [1.807, 2.05) is 54.8 Å². The molecule has 0 aliphatic carbocycles. The highest BCUT2D eigenvalue weighted by Crippen LogP contribution is 2.31. The summed E-state index contributed by atoms with van der Waals surface area (Å²) in [4.78, 5) is 22.6. The van der Waals surface area contributed by atoms with Gasteiger partial charge in [0.25, 0.3) is 5.91 Å². The van der Waals surface area contributed by atoms with Crippen molar-refractivity contribution in [2.75, 3.05) is 5.73 Å². The van der Waals surface area contributed by atoms with E-state index in [9.17, 15) is 4.79 Å². The normalized spacial score (nSPS) is 12.4. The van der Waals surface area contributed by atoms with Crippen molar-refractivity contribution in [2.24, 2.45) is 0 Å². The number of rotatable bonds is 5. The summed E-state index contributed by atoms with van der Waals surface area (Å²) >= 11 is 0. The molecule has 6 nitrogen and oxygen atoms in total. The molecule has 3 N–H and O–H groups in total. The Morgan fingerprint density at radius 3 is 2.34 bits per heavy atom. The van der Waals surface area contributed by atoms with Gasteiger partial charge in [-0.1, -0.05) is 38.1 Å². The number of aromatic nitrogens is 3. The van der Waals surface area contributed by atoms with Gasteiger partial charge >= 0.3 is 0 Å². The molecule has 4 aromatic rings. The van der Waals surface area contributed by atoms with E-state index in [4.69, 9.17) is 15.7 Å². The van der Waals surface area contributed by atoms with Crippen LogP contribution in [0.15, 0.2) is 48.5 Å². The fourth-order valence-electron chi connectivity index (χ4n) is 3.43. The molecule has 0 bridgehead atoms. The van der Waals surface area contributed by atoms with Crippen molar-refractivity contribution >= 4 is 33.9 Å². The van der Waals surface area contributed by atoms with Crippen molar-refractivity contribution in [1.29, 1.82) is 0 Å². The number of anilines is 1. The molecular weight excluding hydrogens is 362 g/mol. The van der Waals surface area contributed by atoms with Crippen LogP contribution < -0.4 is 11.1 Å². The number of amides is 1. The summed E-state index contributed by atoms with van der Waals surface area (Å²) in [6.07, 6.45) is 1.78. The molecule has 0 radical (unpaired) electrons. The van der Waals surface area contributed by atoms with E-state index >= 15 is 0 Å². The molecule has 4 rings (SSSR count). The van der Waals surface area contributed by atoms with Gasteiger partial charge in [-0.25, -0.2) is 9.97 Å². The maximum absolute atomic E-state index is 13.1. The van der Waals surface area contributed by atoms with Crippen LogP contribution in [0.3, 0.4) is 0 Å².